The smallest absolute Gasteiger partial charge is 0.327 e. The number of aliphatic hydroxyl groups excluding tert-OH is 2. The standard InChI is InChI=1S/C53H86N18O17S2/c1-5-26(3)40-49(85)66-33(19-39(76)77)46(82)64-31(15-11-17-60-53(57)58)45(81)71-41(27(4)6-2)50(86)69-36(51(87)88)25-90-89-24-35(68-47(83)34(23-73)67-42(78)29(54)22-72)48(84)65-32(18-28-12-8-7-9-13-28)43(79)62-20-37(74)61-21-38(75)63-30(44(80)70-40)14-10-16-59-52(55)56/h7-9,12-13,26-27,29-36,40-41,72-73H,5-6,10-11,14-25,54H2,1-4H3,(H,61,74)(H,62,79)(H,63,75)(H,64,82)(H,65,84)(H,66,85)(H,67,78)(H,68,83)(H,69,86)(H,70,80)(H,71,81)(H,76,77)(H,87,88)(H4,55,56,59)(H4,57,58,60)/t26-,27-,29-,30-,31+,32+,33-,34-,35-,36-,40+,41-/m0/s1. The number of guanidine groups is 2. The first-order chi connectivity index (χ1) is 42.5. The second kappa shape index (κ2) is 40.9. The molecule has 0 aliphatic carbocycles. The summed E-state index contributed by atoms with van der Waals surface area (Å²) in [6, 6.07) is -8.02. The number of amides is 11. The predicted octanol–water partition coefficient (Wildman–Crippen LogP) is -7.71. The van der Waals surface area contributed by atoms with E-state index < -0.39 is 193 Å². The monoisotopic (exact) mass is 1310 g/mol. The fourth-order valence-electron chi connectivity index (χ4n) is 8.16. The van der Waals surface area contributed by atoms with Crippen molar-refractivity contribution in [1.82, 2.24) is 58.5 Å². The maximum Gasteiger partial charge on any atom is 0.327 e. The van der Waals surface area contributed by atoms with E-state index in [0.717, 1.165) is 21.6 Å². The predicted molar refractivity (Wildman–Crippen MR) is 329 cm³/mol. The minimum atomic E-state index is -1.93. The third-order valence-electron chi connectivity index (χ3n) is 13.7. The van der Waals surface area contributed by atoms with Crippen LogP contribution in [0.1, 0.15) is 78.2 Å². The van der Waals surface area contributed by atoms with Gasteiger partial charge in [-0.3, -0.25) is 67.5 Å². The molecule has 2 rings (SSSR count). The van der Waals surface area contributed by atoms with Gasteiger partial charge in [0, 0.05) is 31.0 Å². The summed E-state index contributed by atoms with van der Waals surface area (Å²) in [5, 5.41) is 66.2. The summed E-state index contributed by atoms with van der Waals surface area (Å²) in [5.74, 6) is -17.5. The lowest BCUT2D eigenvalue weighted by Crippen LogP contribution is -2.61. The number of carboxylic acids is 2. The van der Waals surface area contributed by atoms with Crippen LogP contribution in [0.5, 0.6) is 0 Å². The molecule has 35 nitrogen and oxygen atoms in total. The average Bonchev–Trinajstić information content (AvgIpc) is 2.78. The first-order valence-corrected chi connectivity index (χ1v) is 31.1. The van der Waals surface area contributed by atoms with Gasteiger partial charge in [-0.25, -0.2) is 4.79 Å². The molecular weight excluding hydrogens is 1220 g/mol. The Bertz CT molecular complexity index is 2690. The second-order valence-electron chi connectivity index (χ2n) is 20.8. The molecule has 0 aromatic heterocycles. The molecule has 1 aliphatic rings. The molecule has 11 amide bonds. The Balaban J connectivity index is 2.82. The van der Waals surface area contributed by atoms with Crippen molar-refractivity contribution in [3.8, 4) is 0 Å². The Hall–Kier alpha value is -8.55. The van der Waals surface area contributed by atoms with E-state index in [1.807, 2.05) is 0 Å². The molecule has 90 heavy (non-hydrogen) atoms. The first kappa shape index (κ1) is 77.5. The van der Waals surface area contributed by atoms with Crippen LogP contribution in [0.25, 0.3) is 0 Å². The summed E-state index contributed by atoms with van der Waals surface area (Å²) in [5.41, 5.74) is 28.0. The van der Waals surface area contributed by atoms with Gasteiger partial charge >= 0.3 is 11.9 Å². The van der Waals surface area contributed by atoms with Gasteiger partial charge in [-0.2, -0.15) is 0 Å². The van der Waals surface area contributed by atoms with Gasteiger partial charge in [0.15, 0.2) is 11.9 Å². The number of rotatable bonds is 23. The SMILES string of the molecule is CC[C@H](C)[C@@H]1NC(=O)[C@@H](CCCN=C(N)N)NC(=O)[C@H](CC(=O)O)NC(=O)[C@@H]([C@@H](C)CC)NC(=O)[C@H](CCCN=C(N)N)NC(=O)CNC(=O)CNC(=O)[C@@H](Cc2ccccc2)NC(=O)[C@@H](NC(=O)[C@H](CO)NC(=O)[C@@H](N)CO)CSSC[C@@H](C(=O)O)NC1=O. The molecule has 1 aromatic carbocycles. The molecule has 0 unspecified atom stereocenters. The lowest BCUT2D eigenvalue weighted by atomic mass is 9.96. The molecule has 0 bridgehead atoms. The molecule has 1 aromatic rings. The number of carbonyl (C=O) groups is 13. The van der Waals surface area contributed by atoms with Crippen molar-refractivity contribution in [2.45, 2.75) is 139 Å². The van der Waals surface area contributed by atoms with E-state index >= 15 is 0 Å². The highest BCUT2D eigenvalue weighted by molar-refractivity contribution is 8.76. The molecule has 502 valence electrons. The van der Waals surface area contributed by atoms with Crippen LogP contribution in [0.15, 0.2) is 40.3 Å². The number of aliphatic imine (C=N–C) groups is 2. The third kappa shape index (κ3) is 28.7. The van der Waals surface area contributed by atoms with Crippen molar-refractivity contribution in [2.75, 3.05) is 50.9 Å². The molecule has 25 N–H and O–H groups in total. The lowest BCUT2D eigenvalue weighted by molar-refractivity contribution is -0.142. The minimum Gasteiger partial charge on any atom is -0.481 e. The Kier molecular flexibility index (Phi) is 35.2. The topological polar surface area (TPSA) is 590 Å². The van der Waals surface area contributed by atoms with E-state index in [4.69, 9.17) is 28.7 Å². The Labute approximate surface area is 526 Å². The van der Waals surface area contributed by atoms with Crippen LogP contribution < -0.4 is 87.2 Å². The highest BCUT2D eigenvalue weighted by Gasteiger charge is 2.38. The molecule has 12 atom stereocenters. The number of carboxylic acid groups (broad SMARTS) is 2. The molecule has 0 spiro atoms. The molecule has 1 fully saturated rings. The Morgan fingerprint density at radius 3 is 1.61 bits per heavy atom. The zero-order chi connectivity index (χ0) is 67.6. The molecule has 1 heterocycles. The summed E-state index contributed by atoms with van der Waals surface area (Å²) >= 11 is 0. The van der Waals surface area contributed by atoms with Gasteiger partial charge in [-0.1, -0.05) is 92.5 Å². The Morgan fingerprint density at radius 1 is 0.600 bits per heavy atom. The van der Waals surface area contributed by atoms with Gasteiger partial charge in [0.25, 0.3) is 0 Å². The second-order valence-corrected chi connectivity index (χ2v) is 23.3. The van der Waals surface area contributed by atoms with Gasteiger partial charge in [0.1, 0.15) is 60.4 Å². The van der Waals surface area contributed by atoms with Crippen molar-refractivity contribution in [2.24, 2.45) is 50.5 Å². The van der Waals surface area contributed by atoms with E-state index in [2.05, 4.69) is 68.5 Å². The van der Waals surface area contributed by atoms with E-state index in [0.29, 0.717) is 5.56 Å². The lowest BCUT2D eigenvalue weighted by Gasteiger charge is -2.29. The van der Waals surface area contributed by atoms with E-state index in [1.165, 1.54) is 0 Å². The summed E-state index contributed by atoms with van der Waals surface area (Å²) in [4.78, 5) is 185. The Morgan fingerprint density at radius 2 is 1.10 bits per heavy atom. The molecule has 37 heteroatoms. The third-order valence-corrected chi connectivity index (χ3v) is 16.1. The number of nitrogens with two attached hydrogens (primary N) is 5. The van der Waals surface area contributed by atoms with Crippen LogP contribution in [-0.4, -0.2) is 221 Å². The van der Waals surface area contributed by atoms with E-state index in [1.54, 1.807) is 58.0 Å². The van der Waals surface area contributed by atoms with Crippen LogP contribution >= 0.6 is 21.6 Å². The van der Waals surface area contributed by atoms with Crippen LogP contribution in [0, 0.1) is 11.8 Å². The number of nitrogens with zero attached hydrogens (tertiary/aromatic N) is 2. The molecule has 1 saturated heterocycles. The number of carbonyl (C=O) groups excluding carboxylic acids is 11. The maximum absolute atomic E-state index is 14.3. The normalized spacial score (nSPS) is 23.3. The van der Waals surface area contributed by atoms with Crippen molar-refractivity contribution in [3.63, 3.8) is 0 Å². The fraction of sp³-hybridized carbons (Fsp3) is 0.604. The molecule has 0 saturated carbocycles. The molecular formula is C53H86N18O17S2. The van der Waals surface area contributed by atoms with Crippen molar-refractivity contribution in [3.05, 3.63) is 35.9 Å². The fourth-order valence-corrected chi connectivity index (χ4v) is 10.5. The number of aliphatic hydroxyl groups is 2. The largest absolute Gasteiger partial charge is 0.481 e. The van der Waals surface area contributed by atoms with E-state index in [-0.39, 0.29) is 70.0 Å². The van der Waals surface area contributed by atoms with Gasteiger partial charge in [-0.15, -0.1) is 0 Å². The molecule has 0 radical (unpaired) electrons. The minimum absolute atomic E-state index is 0.00570. The number of benzene rings is 1. The van der Waals surface area contributed by atoms with Crippen LogP contribution in [-0.2, 0) is 68.7 Å². The number of nitrogens with one attached hydrogen (secondary N) is 11. The van der Waals surface area contributed by atoms with Crippen molar-refractivity contribution >= 4 is 110 Å². The highest BCUT2D eigenvalue weighted by Crippen LogP contribution is 2.24. The summed E-state index contributed by atoms with van der Waals surface area (Å²) in [6.07, 6.45) is -1.24. The first-order valence-electron chi connectivity index (χ1n) is 28.6. The van der Waals surface area contributed by atoms with Gasteiger partial charge in [-0.05, 0) is 43.1 Å². The summed E-state index contributed by atoms with van der Waals surface area (Å²) in [6.45, 7) is 2.83. The van der Waals surface area contributed by atoms with Gasteiger partial charge in [0.05, 0.1) is 32.7 Å². The summed E-state index contributed by atoms with van der Waals surface area (Å²) < 4.78 is 0. The van der Waals surface area contributed by atoms with Crippen LogP contribution in [0.4, 0.5) is 0 Å². The van der Waals surface area contributed by atoms with Crippen LogP contribution in [0.2, 0.25) is 0 Å². The number of hydrogen-bond acceptors (Lipinski definition) is 20. The number of hydrogen-bond donors (Lipinski definition) is 20. The van der Waals surface area contributed by atoms with Gasteiger partial charge < -0.3 is 108 Å². The van der Waals surface area contributed by atoms with E-state index in [9.17, 15) is 82.8 Å². The molecule has 1 aliphatic heterocycles. The average molecular weight is 1310 g/mol. The quantitative estimate of drug-likeness (QED) is 0.0209. The summed E-state index contributed by atoms with van der Waals surface area (Å²) in [7, 11) is 1.57. The van der Waals surface area contributed by atoms with Crippen molar-refractivity contribution in [1.29, 1.82) is 0 Å². The zero-order valence-corrected chi connectivity index (χ0v) is 52.0. The van der Waals surface area contributed by atoms with Crippen LogP contribution in [0.3, 0.4) is 0 Å². The number of aliphatic carboxylic acids is 2. The highest BCUT2D eigenvalue weighted by atomic mass is 33.1. The van der Waals surface area contributed by atoms with Crippen molar-refractivity contribution < 1.29 is 82.8 Å². The zero-order valence-electron chi connectivity index (χ0n) is 50.3. The van der Waals surface area contributed by atoms with Gasteiger partial charge in [0.2, 0.25) is 65.0 Å². The maximum atomic E-state index is 14.3.